The van der Waals surface area contributed by atoms with Crippen LogP contribution in [-0.2, 0) is 20.1 Å². The number of hydrogen-bond acceptors (Lipinski definition) is 5. The minimum Gasteiger partial charge on any atom is -0.497 e. The number of benzene rings is 1. The summed E-state index contributed by atoms with van der Waals surface area (Å²) in [6.07, 6.45) is 5.34. The van der Waals surface area contributed by atoms with Gasteiger partial charge in [0.15, 0.2) is 11.2 Å². The lowest BCUT2D eigenvalue weighted by Gasteiger charge is -2.16. The number of methoxy groups -OCH3 is 1. The van der Waals surface area contributed by atoms with E-state index in [1.165, 1.54) is 22.0 Å². The zero-order valence-corrected chi connectivity index (χ0v) is 17.9. The highest BCUT2D eigenvalue weighted by Gasteiger charge is 2.28. The minimum absolute atomic E-state index is 0.237. The topological polar surface area (TPSA) is 74.3 Å². The Morgan fingerprint density at radius 1 is 1.03 bits per heavy atom. The molecule has 0 bridgehead atoms. The lowest BCUT2D eigenvalue weighted by Crippen LogP contribution is -2.39. The summed E-state index contributed by atoms with van der Waals surface area (Å²) in [4.78, 5) is 32.8. The number of nitrogens with zero attached hydrogens (tertiary/aromatic N) is 5. The minimum atomic E-state index is -0.296. The van der Waals surface area contributed by atoms with Crippen LogP contribution in [0.3, 0.4) is 0 Å². The van der Waals surface area contributed by atoms with E-state index >= 15 is 0 Å². The van der Waals surface area contributed by atoms with E-state index < -0.39 is 0 Å². The van der Waals surface area contributed by atoms with Crippen LogP contribution in [0, 0.1) is 0 Å². The first-order valence-electron chi connectivity index (χ1n) is 10.7. The molecule has 2 aromatic heterocycles. The molecule has 0 aliphatic carbocycles. The third-order valence-corrected chi connectivity index (χ3v) is 5.87. The van der Waals surface area contributed by atoms with Gasteiger partial charge in [0.2, 0.25) is 5.95 Å². The highest BCUT2D eigenvalue weighted by molar-refractivity contribution is 5.77. The van der Waals surface area contributed by atoms with Gasteiger partial charge in [-0.2, -0.15) is 4.98 Å². The third-order valence-electron chi connectivity index (χ3n) is 5.87. The van der Waals surface area contributed by atoms with Gasteiger partial charge in [0.05, 0.1) is 7.11 Å². The summed E-state index contributed by atoms with van der Waals surface area (Å²) in [6, 6.07) is 7.76. The predicted molar refractivity (Wildman–Crippen MR) is 118 cm³/mol. The van der Waals surface area contributed by atoms with E-state index in [-0.39, 0.29) is 11.2 Å². The molecule has 0 saturated carbocycles. The summed E-state index contributed by atoms with van der Waals surface area (Å²) in [6.45, 7) is 4.00. The van der Waals surface area contributed by atoms with Gasteiger partial charge in [-0.15, -0.1) is 0 Å². The van der Waals surface area contributed by atoms with Crippen LogP contribution in [0.5, 0.6) is 5.75 Å². The maximum Gasteiger partial charge on any atom is 0.332 e. The van der Waals surface area contributed by atoms with Crippen molar-refractivity contribution in [3.63, 3.8) is 0 Å². The van der Waals surface area contributed by atoms with Gasteiger partial charge in [0.25, 0.3) is 5.56 Å². The fourth-order valence-electron chi connectivity index (χ4n) is 4.16. The first-order chi connectivity index (χ1) is 14.6. The molecule has 1 aromatic carbocycles. The van der Waals surface area contributed by atoms with Crippen molar-refractivity contribution in [1.29, 1.82) is 0 Å². The highest BCUT2D eigenvalue weighted by atomic mass is 16.5. The number of aromatic nitrogens is 4. The van der Waals surface area contributed by atoms with E-state index in [4.69, 9.17) is 4.74 Å². The molecule has 30 heavy (non-hydrogen) atoms. The molecule has 1 aliphatic heterocycles. The van der Waals surface area contributed by atoms with Gasteiger partial charge in [-0.1, -0.05) is 32.6 Å². The monoisotopic (exact) mass is 411 g/mol. The lowest BCUT2D eigenvalue weighted by atomic mass is 10.1. The molecule has 0 saturated heterocycles. The van der Waals surface area contributed by atoms with Crippen molar-refractivity contribution in [2.75, 3.05) is 18.6 Å². The summed E-state index contributed by atoms with van der Waals surface area (Å²) in [5.41, 5.74) is 1.40. The third kappa shape index (κ3) is 3.40. The van der Waals surface area contributed by atoms with Crippen molar-refractivity contribution in [2.45, 2.75) is 52.1 Å². The second-order valence-electron chi connectivity index (χ2n) is 7.80. The smallest absolute Gasteiger partial charge is 0.332 e. The second-order valence-corrected chi connectivity index (χ2v) is 7.80. The summed E-state index contributed by atoms with van der Waals surface area (Å²) in [7, 11) is 3.33. The molecular weight excluding hydrogens is 382 g/mol. The number of unbranched alkanes of at least 4 members (excludes halogenated alkanes) is 4. The summed E-state index contributed by atoms with van der Waals surface area (Å²) >= 11 is 0. The zero-order chi connectivity index (χ0) is 21.3. The molecule has 0 fully saturated rings. The molecule has 0 atom stereocenters. The molecule has 160 valence electrons. The molecule has 8 heteroatoms. The number of aryl methyl sites for hydroxylation is 1. The maximum atomic E-state index is 13.2. The van der Waals surface area contributed by atoms with E-state index in [1.54, 1.807) is 14.2 Å². The Morgan fingerprint density at radius 3 is 2.47 bits per heavy atom. The Morgan fingerprint density at radius 2 is 1.77 bits per heavy atom. The lowest BCUT2D eigenvalue weighted by molar-refractivity contribution is 0.415. The number of fused-ring (bicyclic) bond motifs is 3. The molecule has 0 unspecified atom stereocenters. The fraction of sp³-hybridized carbons (Fsp3) is 0.500. The average Bonchev–Trinajstić information content (AvgIpc) is 3.34. The van der Waals surface area contributed by atoms with E-state index in [9.17, 15) is 9.59 Å². The van der Waals surface area contributed by atoms with E-state index in [2.05, 4.69) is 16.8 Å². The number of rotatable bonds is 8. The number of hydrogen-bond donors (Lipinski definition) is 0. The van der Waals surface area contributed by atoms with Crippen molar-refractivity contribution >= 4 is 22.8 Å². The SMILES string of the molecule is CCCCCCCn1c(=O)c2c(nc3n2CCN3c2ccc(OC)cc2)n(C)c1=O. The zero-order valence-electron chi connectivity index (χ0n) is 17.9. The van der Waals surface area contributed by atoms with Crippen LogP contribution in [0.2, 0.25) is 0 Å². The van der Waals surface area contributed by atoms with Crippen LogP contribution >= 0.6 is 0 Å². The Hall–Kier alpha value is -3.03. The van der Waals surface area contributed by atoms with Crippen molar-refractivity contribution in [2.24, 2.45) is 7.05 Å². The molecule has 3 heterocycles. The van der Waals surface area contributed by atoms with Gasteiger partial charge in [-0.05, 0) is 30.7 Å². The van der Waals surface area contributed by atoms with Crippen molar-refractivity contribution in [1.82, 2.24) is 18.7 Å². The van der Waals surface area contributed by atoms with Gasteiger partial charge in [-0.25, -0.2) is 4.79 Å². The Balaban J connectivity index is 1.71. The fourth-order valence-corrected chi connectivity index (χ4v) is 4.16. The van der Waals surface area contributed by atoms with Gasteiger partial charge in [0, 0.05) is 32.4 Å². The van der Waals surface area contributed by atoms with Crippen LogP contribution in [-0.4, -0.2) is 32.3 Å². The second kappa shape index (κ2) is 8.38. The molecule has 3 aromatic rings. The van der Waals surface area contributed by atoms with Crippen LogP contribution in [0.1, 0.15) is 39.0 Å². The van der Waals surface area contributed by atoms with Gasteiger partial charge < -0.3 is 14.2 Å². The molecule has 1 aliphatic rings. The summed E-state index contributed by atoms with van der Waals surface area (Å²) in [5, 5.41) is 0. The van der Waals surface area contributed by atoms with E-state index in [0.29, 0.717) is 30.2 Å². The van der Waals surface area contributed by atoms with Crippen LogP contribution in [0.25, 0.3) is 11.2 Å². The quantitative estimate of drug-likeness (QED) is 0.533. The van der Waals surface area contributed by atoms with Gasteiger partial charge >= 0.3 is 5.69 Å². The molecule has 0 N–H and O–H groups in total. The Labute approximate surface area is 175 Å². The van der Waals surface area contributed by atoms with E-state index in [1.807, 2.05) is 28.8 Å². The molecule has 4 rings (SSSR count). The molecule has 8 nitrogen and oxygen atoms in total. The van der Waals surface area contributed by atoms with Crippen LogP contribution in [0.4, 0.5) is 11.6 Å². The predicted octanol–water partition coefficient (Wildman–Crippen LogP) is 3.03. The maximum absolute atomic E-state index is 13.2. The number of imidazole rings is 1. The number of anilines is 2. The van der Waals surface area contributed by atoms with Crippen molar-refractivity contribution < 1.29 is 4.74 Å². The van der Waals surface area contributed by atoms with Crippen molar-refractivity contribution in [3.05, 3.63) is 45.1 Å². The summed E-state index contributed by atoms with van der Waals surface area (Å²) < 4.78 is 10.1. The molecule has 0 radical (unpaired) electrons. The highest BCUT2D eigenvalue weighted by Crippen LogP contribution is 2.32. The molecular formula is C22H29N5O3. The Kier molecular flexibility index (Phi) is 5.65. The van der Waals surface area contributed by atoms with Gasteiger partial charge in [-0.3, -0.25) is 13.9 Å². The molecule has 0 spiro atoms. The van der Waals surface area contributed by atoms with Gasteiger partial charge in [0.1, 0.15) is 5.75 Å². The Bertz CT molecular complexity index is 1160. The van der Waals surface area contributed by atoms with Crippen molar-refractivity contribution in [3.8, 4) is 5.75 Å². The normalized spacial score (nSPS) is 13.2. The van der Waals surface area contributed by atoms with Crippen LogP contribution < -0.4 is 20.9 Å². The number of ether oxygens (including phenoxy) is 1. The first kappa shape index (κ1) is 20.3. The molecule has 0 amide bonds. The largest absolute Gasteiger partial charge is 0.497 e. The van der Waals surface area contributed by atoms with E-state index in [0.717, 1.165) is 37.2 Å². The standard InChI is InChI=1S/C22H29N5O3/c1-4-5-6-7-8-13-27-20(28)18-19(24(2)22(27)29)23-21-25(14-15-26(18)21)16-9-11-17(30-3)12-10-16/h9-12H,4-8,13-15H2,1-3H3. The average molecular weight is 412 g/mol. The first-order valence-corrected chi connectivity index (χ1v) is 10.7. The van der Waals surface area contributed by atoms with Crippen LogP contribution in [0.15, 0.2) is 33.9 Å². The summed E-state index contributed by atoms with van der Waals surface area (Å²) in [5.74, 6) is 1.48.